The van der Waals surface area contributed by atoms with Gasteiger partial charge < -0.3 is 15.2 Å². The second kappa shape index (κ2) is 7.64. The average molecular weight is 314 g/mol. The van der Waals surface area contributed by atoms with E-state index in [0.29, 0.717) is 5.02 Å². The Labute approximate surface area is 127 Å². The lowest BCUT2D eigenvalue weighted by atomic mass is 10.0. The first-order valence-electron chi connectivity index (χ1n) is 6.23. The number of carboxylic acid groups (broad SMARTS) is 1. The Bertz CT molecular complexity index is 558. The van der Waals surface area contributed by atoms with Crippen molar-refractivity contribution < 1.29 is 24.2 Å². The summed E-state index contributed by atoms with van der Waals surface area (Å²) >= 11 is 5.81. The summed E-state index contributed by atoms with van der Waals surface area (Å²) in [5.41, 5.74) is 0.419. The number of esters is 1. The Kier molecular flexibility index (Phi) is 6.17. The molecule has 0 aliphatic heterocycles. The van der Waals surface area contributed by atoms with E-state index >= 15 is 0 Å². The lowest BCUT2D eigenvalue weighted by Crippen LogP contribution is -2.18. The molecule has 0 saturated heterocycles. The summed E-state index contributed by atoms with van der Waals surface area (Å²) in [5, 5.41) is 11.6. The first-order valence-corrected chi connectivity index (χ1v) is 6.60. The second-order valence-corrected chi connectivity index (χ2v) is 5.07. The maximum atomic E-state index is 11.9. The molecule has 2 N–H and O–H groups in total. The van der Waals surface area contributed by atoms with Crippen LogP contribution in [0.25, 0.3) is 0 Å². The number of carbonyl (C=O) groups excluding carboxylic acids is 2. The molecular weight excluding hydrogens is 298 g/mol. The van der Waals surface area contributed by atoms with E-state index in [2.05, 4.69) is 10.1 Å². The van der Waals surface area contributed by atoms with Crippen LogP contribution in [0.1, 0.15) is 30.1 Å². The SMILES string of the molecule is COC(=O)c1cc(Cl)ccc1NC(=O)CC(C)CC(=O)O. The van der Waals surface area contributed by atoms with Gasteiger partial charge in [-0.1, -0.05) is 18.5 Å². The van der Waals surface area contributed by atoms with E-state index < -0.39 is 11.9 Å². The fraction of sp³-hybridized carbons (Fsp3) is 0.357. The lowest BCUT2D eigenvalue weighted by Gasteiger charge is -2.12. The molecule has 0 bridgehead atoms. The molecule has 0 heterocycles. The molecule has 1 aromatic carbocycles. The molecule has 1 unspecified atom stereocenters. The number of rotatable bonds is 6. The van der Waals surface area contributed by atoms with Gasteiger partial charge in [-0.25, -0.2) is 4.79 Å². The molecule has 0 aliphatic rings. The summed E-state index contributed by atoms with van der Waals surface area (Å²) in [6.07, 6.45) is -0.0621. The Balaban J connectivity index is 2.80. The highest BCUT2D eigenvalue weighted by molar-refractivity contribution is 6.31. The molecule has 1 atom stereocenters. The number of amides is 1. The third-order valence-corrected chi connectivity index (χ3v) is 2.95. The van der Waals surface area contributed by atoms with Gasteiger partial charge in [-0.15, -0.1) is 0 Å². The number of methoxy groups -OCH3 is 1. The maximum Gasteiger partial charge on any atom is 0.340 e. The number of hydrogen-bond donors (Lipinski definition) is 2. The molecule has 0 aliphatic carbocycles. The summed E-state index contributed by atoms with van der Waals surface area (Å²) in [7, 11) is 1.23. The summed E-state index contributed by atoms with van der Waals surface area (Å²) in [5.74, 6) is -2.27. The van der Waals surface area contributed by atoms with Crippen LogP contribution >= 0.6 is 11.6 Å². The highest BCUT2D eigenvalue weighted by atomic mass is 35.5. The van der Waals surface area contributed by atoms with Crippen LogP contribution in [-0.2, 0) is 14.3 Å². The molecule has 0 saturated carbocycles. The van der Waals surface area contributed by atoms with Crippen molar-refractivity contribution in [2.75, 3.05) is 12.4 Å². The molecule has 6 nitrogen and oxygen atoms in total. The molecule has 0 fully saturated rings. The zero-order chi connectivity index (χ0) is 16.0. The van der Waals surface area contributed by atoms with Crippen LogP contribution in [0.5, 0.6) is 0 Å². The normalized spacial score (nSPS) is 11.6. The molecular formula is C14H16ClNO5. The molecule has 1 amide bonds. The fourth-order valence-electron chi connectivity index (χ4n) is 1.79. The molecule has 1 rings (SSSR count). The topological polar surface area (TPSA) is 92.7 Å². The van der Waals surface area contributed by atoms with Crippen LogP contribution in [0, 0.1) is 5.92 Å². The summed E-state index contributed by atoms with van der Waals surface area (Å²) in [6, 6.07) is 4.42. The van der Waals surface area contributed by atoms with Gasteiger partial charge in [0.25, 0.3) is 0 Å². The average Bonchev–Trinajstić information content (AvgIpc) is 2.38. The van der Waals surface area contributed by atoms with Gasteiger partial charge in [0.15, 0.2) is 0 Å². The third kappa shape index (κ3) is 5.43. The summed E-state index contributed by atoms with van der Waals surface area (Å²) in [6.45, 7) is 1.66. The minimum absolute atomic E-state index is 0.0372. The zero-order valence-electron chi connectivity index (χ0n) is 11.7. The van der Waals surface area contributed by atoms with Crippen molar-refractivity contribution >= 4 is 35.1 Å². The van der Waals surface area contributed by atoms with Crippen LogP contribution in [0.4, 0.5) is 5.69 Å². The molecule has 114 valence electrons. The van der Waals surface area contributed by atoms with Crippen molar-refractivity contribution in [3.05, 3.63) is 28.8 Å². The minimum atomic E-state index is -0.961. The van der Waals surface area contributed by atoms with E-state index in [9.17, 15) is 14.4 Å². The standard InChI is InChI=1S/C14H16ClNO5/c1-8(6-13(18)19)5-12(17)16-11-4-3-9(15)7-10(11)14(20)21-2/h3-4,7-8H,5-6H2,1-2H3,(H,16,17)(H,18,19). The van der Waals surface area contributed by atoms with E-state index in [1.54, 1.807) is 6.92 Å². The Morgan fingerprint density at radius 1 is 1.33 bits per heavy atom. The predicted molar refractivity (Wildman–Crippen MR) is 77.5 cm³/mol. The fourth-order valence-corrected chi connectivity index (χ4v) is 1.96. The minimum Gasteiger partial charge on any atom is -0.481 e. The Morgan fingerprint density at radius 3 is 2.57 bits per heavy atom. The number of halogens is 1. The molecule has 1 aromatic rings. The van der Waals surface area contributed by atoms with Crippen molar-refractivity contribution in [3.63, 3.8) is 0 Å². The predicted octanol–water partition coefficient (Wildman–Crippen LogP) is 2.57. The number of carboxylic acids is 1. The van der Waals surface area contributed by atoms with Gasteiger partial charge in [0.05, 0.1) is 18.4 Å². The second-order valence-electron chi connectivity index (χ2n) is 4.64. The van der Waals surface area contributed by atoms with Gasteiger partial charge >= 0.3 is 11.9 Å². The van der Waals surface area contributed by atoms with Gasteiger partial charge in [-0.05, 0) is 24.1 Å². The first kappa shape index (κ1) is 17.0. The van der Waals surface area contributed by atoms with Crippen molar-refractivity contribution in [1.82, 2.24) is 0 Å². The first-order chi connectivity index (χ1) is 9.83. The lowest BCUT2D eigenvalue weighted by molar-refractivity contribution is -0.138. The molecule has 0 aromatic heterocycles. The van der Waals surface area contributed by atoms with Crippen LogP contribution < -0.4 is 5.32 Å². The molecule has 21 heavy (non-hydrogen) atoms. The zero-order valence-corrected chi connectivity index (χ0v) is 12.4. The van der Waals surface area contributed by atoms with Crippen molar-refractivity contribution in [1.29, 1.82) is 0 Å². The van der Waals surface area contributed by atoms with Crippen molar-refractivity contribution in [3.8, 4) is 0 Å². The summed E-state index contributed by atoms with van der Waals surface area (Å²) < 4.78 is 4.62. The number of anilines is 1. The molecule has 0 spiro atoms. The largest absolute Gasteiger partial charge is 0.481 e. The highest BCUT2D eigenvalue weighted by Crippen LogP contribution is 2.22. The summed E-state index contributed by atoms with van der Waals surface area (Å²) in [4.78, 5) is 34.1. The van der Waals surface area contributed by atoms with Gasteiger partial charge in [0.1, 0.15) is 0 Å². The van der Waals surface area contributed by atoms with Gasteiger partial charge in [0, 0.05) is 17.9 Å². The van der Waals surface area contributed by atoms with E-state index in [4.69, 9.17) is 16.7 Å². The van der Waals surface area contributed by atoms with Crippen molar-refractivity contribution in [2.24, 2.45) is 5.92 Å². The number of carbonyl (C=O) groups is 3. The molecule has 7 heteroatoms. The number of ether oxygens (including phenoxy) is 1. The van der Waals surface area contributed by atoms with Crippen molar-refractivity contribution in [2.45, 2.75) is 19.8 Å². The Hall–Kier alpha value is -2.08. The maximum absolute atomic E-state index is 11.9. The third-order valence-electron chi connectivity index (χ3n) is 2.72. The van der Waals surface area contributed by atoms with E-state index in [1.165, 1.54) is 25.3 Å². The number of nitrogens with one attached hydrogen (secondary N) is 1. The smallest absolute Gasteiger partial charge is 0.340 e. The number of benzene rings is 1. The quantitative estimate of drug-likeness (QED) is 0.787. The monoisotopic (exact) mass is 313 g/mol. The highest BCUT2D eigenvalue weighted by Gasteiger charge is 2.17. The van der Waals surface area contributed by atoms with E-state index in [0.717, 1.165) is 0 Å². The van der Waals surface area contributed by atoms with Crippen LogP contribution in [-0.4, -0.2) is 30.1 Å². The Morgan fingerprint density at radius 2 is 2.00 bits per heavy atom. The van der Waals surface area contributed by atoms with E-state index in [1.807, 2.05) is 0 Å². The van der Waals surface area contributed by atoms with Crippen LogP contribution in [0.3, 0.4) is 0 Å². The molecule has 0 radical (unpaired) electrons. The van der Waals surface area contributed by atoms with Crippen LogP contribution in [0.15, 0.2) is 18.2 Å². The van der Waals surface area contributed by atoms with Crippen LogP contribution in [0.2, 0.25) is 5.02 Å². The van der Waals surface area contributed by atoms with E-state index in [-0.39, 0.29) is 35.9 Å². The van der Waals surface area contributed by atoms with Gasteiger partial charge in [-0.3, -0.25) is 9.59 Å². The number of aliphatic carboxylic acids is 1. The number of hydrogen-bond acceptors (Lipinski definition) is 4. The van der Waals surface area contributed by atoms with Gasteiger partial charge in [-0.2, -0.15) is 0 Å². The van der Waals surface area contributed by atoms with Gasteiger partial charge in [0.2, 0.25) is 5.91 Å².